The van der Waals surface area contributed by atoms with Crippen LogP contribution in [0.1, 0.15) is 40.0 Å². The van der Waals surface area contributed by atoms with Gasteiger partial charge in [0.2, 0.25) is 0 Å². The fourth-order valence-corrected chi connectivity index (χ4v) is 3.41. The van der Waals surface area contributed by atoms with Crippen molar-refractivity contribution in [1.29, 1.82) is 0 Å². The number of hydrogen-bond donors (Lipinski definition) is 2. The van der Waals surface area contributed by atoms with Crippen molar-refractivity contribution in [3.05, 3.63) is 57.0 Å². The molecule has 1 aliphatic heterocycles. The summed E-state index contributed by atoms with van der Waals surface area (Å²) in [5.74, 6) is 0.367. The highest BCUT2D eigenvalue weighted by atomic mass is 16.5. The zero-order valence-corrected chi connectivity index (χ0v) is 16.9. The van der Waals surface area contributed by atoms with Gasteiger partial charge in [-0.25, -0.2) is 5.10 Å². The molecule has 1 fully saturated rings. The van der Waals surface area contributed by atoms with Crippen LogP contribution in [0, 0.1) is 20.8 Å². The number of amides is 2. The fourth-order valence-electron chi connectivity index (χ4n) is 3.41. The number of rotatable bonds is 5. The van der Waals surface area contributed by atoms with Crippen molar-refractivity contribution in [2.75, 3.05) is 19.7 Å². The summed E-state index contributed by atoms with van der Waals surface area (Å²) in [5, 5.41) is 9.03. The number of carbonyl (C=O) groups excluding carboxylic acids is 2. The molecule has 1 aromatic heterocycles. The number of aryl methyl sites for hydroxylation is 2. The van der Waals surface area contributed by atoms with Crippen LogP contribution in [0.5, 0.6) is 5.75 Å². The quantitative estimate of drug-likeness (QED) is 0.794. The van der Waals surface area contributed by atoms with Gasteiger partial charge < -0.3 is 15.0 Å². The molecular weight excluding hydrogens is 372 g/mol. The number of nitrogens with zero attached hydrogens (tertiary/aromatic N) is 2. The number of likely N-dealkylation sites (tertiary alicyclic amines) is 1. The molecule has 2 heterocycles. The summed E-state index contributed by atoms with van der Waals surface area (Å²) < 4.78 is 5.76. The molecule has 2 aromatic rings. The van der Waals surface area contributed by atoms with Gasteiger partial charge in [-0.2, -0.15) is 5.10 Å². The predicted octanol–water partition coefficient (Wildman–Crippen LogP) is 1.49. The van der Waals surface area contributed by atoms with E-state index in [2.05, 4.69) is 15.5 Å². The Balaban J connectivity index is 1.47. The Bertz CT molecular complexity index is 941. The molecule has 154 valence electrons. The minimum Gasteiger partial charge on any atom is -0.483 e. The van der Waals surface area contributed by atoms with E-state index in [0.29, 0.717) is 25.9 Å². The van der Waals surface area contributed by atoms with E-state index >= 15 is 0 Å². The van der Waals surface area contributed by atoms with Crippen molar-refractivity contribution in [2.24, 2.45) is 0 Å². The van der Waals surface area contributed by atoms with Gasteiger partial charge in [0.25, 0.3) is 17.4 Å². The molecule has 0 saturated carbocycles. The third-order valence-electron chi connectivity index (χ3n) is 5.27. The van der Waals surface area contributed by atoms with Crippen LogP contribution in [0.2, 0.25) is 0 Å². The number of nitrogens with one attached hydrogen (secondary N) is 2. The zero-order chi connectivity index (χ0) is 21.0. The lowest BCUT2D eigenvalue weighted by Gasteiger charge is -2.32. The Morgan fingerprint density at radius 1 is 1.14 bits per heavy atom. The highest BCUT2D eigenvalue weighted by Crippen LogP contribution is 2.25. The molecule has 2 N–H and O–H groups in total. The van der Waals surface area contributed by atoms with Gasteiger partial charge in [0.15, 0.2) is 6.61 Å². The Kier molecular flexibility index (Phi) is 6.31. The van der Waals surface area contributed by atoms with Crippen LogP contribution in [0.3, 0.4) is 0 Å². The largest absolute Gasteiger partial charge is 0.483 e. The maximum atomic E-state index is 12.4. The molecule has 0 unspecified atom stereocenters. The summed E-state index contributed by atoms with van der Waals surface area (Å²) in [7, 11) is 0. The van der Waals surface area contributed by atoms with E-state index in [4.69, 9.17) is 4.74 Å². The van der Waals surface area contributed by atoms with Gasteiger partial charge in [-0.05, 0) is 56.4 Å². The van der Waals surface area contributed by atoms with Gasteiger partial charge in [0, 0.05) is 25.2 Å². The van der Waals surface area contributed by atoms with Crippen LogP contribution < -0.4 is 15.6 Å². The van der Waals surface area contributed by atoms with Gasteiger partial charge in [-0.15, -0.1) is 0 Å². The molecule has 0 aliphatic carbocycles. The SMILES string of the molecule is Cc1ccc(C)c(OCC(=O)NC2CCN(C(=O)c3ccc(=O)[nH]n3)CC2)c1C. The van der Waals surface area contributed by atoms with Crippen molar-refractivity contribution in [3.63, 3.8) is 0 Å². The van der Waals surface area contributed by atoms with E-state index in [9.17, 15) is 14.4 Å². The molecule has 29 heavy (non-hydrogen) atoms. The van der Waals surface area contributed by atoms with Gasteiger partial charge in [-0.3, -0.25) is 14.4 Å². The molecule has 1 aliphatic rings. The van der Waals surface area contributed by atoms with Crippen molar-refractivity contribution in [1.82, 2.24) is 20.4 Å². The van der Waals surface area contributed by atoms with Crippen molar-refractivity contribution in [3.8, 4) is 5.75 Å². The van der Waals surface area contributed by atoms with E-state index in [-0.39, 0.29) is 35.7 Å². The lowest BCUT2D eigenvalue weighted by molar-refractivity contribution is -0.124. The van der Waals surface area contributed by atoms with Crippen LogP contribution in [0.4, 0.5) is 0 Å². The Morgan fingerprint density at radius 3 is 2.48 bits per heavy atom. The summed E-state index contributed by atoms with van der Waals surface area (Å²) in [4.78, 5) is 37.5. The number of ether oxygens (including phenoxy) is 1. The number of carbonyl (C=O) groups is 2. The van der Waals surface area contributed by atoms with E-state index in [1.165, 1.54) is 12.1 Å². The minimum absolute atomic E-state index is 0.00149. The number of piperidine rings is 1. The summed E-state index contributed by atoms with van der Waals surface area (Å²) in [5.41, 5.74) is 3.04. The Labute approximate surface area is 169 Å². The van der Waals surface area contributed by atoms with Gasteiger partial charge in [0.1, 0.15) is 11.4 Å². The second kappa shape index (κ2) is 8.89. The molecule has 2 amide bonds. The third-order valence-corrected chi connectivity index (χ3v) is 5.27. The van der Waals surface area contributed by atoms with E-state index < -0.39 is 0 Å². The third kappa shape index (κ3) is 5.01. The molecule has 0 atom stereocenters. The standard InChI is InChI=1S/C21H26N4O4/c1-13-4-5-14(2)20(15(13)3)29-12-19(27)22-16-8-10-25(11-9-16)21(28)17-6-7-18(26)24-23-17/h4-7,16H,8-12H2,1-3H3,(H,22,27)(H,24,26). The number of aromatic nitrogens is 2. The summed E-state index contributed by atoms with van der Waals surface area (Å²) >= 11 is 0. The van der Waals surface area contributed by atoms with E-state index in [0.717, 1.165) is 22.4 Å². The molecule has 8 nitrogen and oxygen atoms in total. The Morgan fingerprint density at radius 2 is 1.83 bits per heavy atom. The van der Waals surface area contributed by atoms with Gasteiger partial charge in [-0.1, -0.05) is 12.1 Å². The van der Waals surface area contributed by atoms with E-state index in [1.807, 2.05) is 32.9 Å². The van der Waals surface area contributed by atoms with Gasteiger partial charge >= 0.3 is 0 Å². The average molecular weight is 398 g/mol. The number of hydrogen-bond acceptors (Lipinski definition) is 5. The summed E-state index contributed by atoms with van der Waals surface area (Å²) in [6.45, 7) is 6.96. The maximum Gasteiger partial charge on any atom is 0.274 e. The fraction of sp³-hybridized carbons (Fsp3) is 0.429. The topological polar surface area (TPSA) is 104 Å². The second-order valence-corrected chi connectivity index (χ2v) is 7.38. The highest BCUT2D eigenvalue weighted by Gasteiger charge is 2.25. The van der Waals surface area contributed by atoms with Crippen LogP contribution in [0.15, 0.2) is 29.1 Å². The van der Waals surface area contributed by atoms with Crippen LogP contribution in [0.25, 0.3) is 0 Å². The van der Waals surface area contributed by atoms with Crippen LogP contribution in [-0.2, 0) is 4.79 Å². The van der Waals surface area contributed by atoms with Crippen LogP contribution in [-0.4, -0.2) is 52.6 Å². The first-order valence-corrected chi connectivity index (χ1v) is 9.69. The maximum absolute atomic E-state index is 12.4. The summed E-state index contributed by atoms with van der Waals surface area (Å²) in [6.07, 6.45) is 1.31. The smallest absolute Gasteiger partial charge is 0.274 e. The molecule has 0 bridgehead atoms. The lowest BCUT2D eigenvalue weighted by atomic mass is 10.0. The van der Waals surface area contributed by atoms with Crippen molar-refractivity contribution in [2.45, 2.75) is 39.7 Å². The minimum atomic E-state index is -0.346. The zero-order valence-electron chi connectivity index (χ0n) is 16.9. The first-order valence-electron chi connectivity index (χ1n) is 9.69. The van der Waals surface area contributed by atoms with Crippen molar-refractivity contribution < 1.29 is 14.3 Å². The Hall–Kier alpha value is -3.16. The molecule has 0 radical (unpaired) electrons. The van der Waals surface area contributed by atoms with Gasteiger partial charge in [0.05, 0.1) is 0 Å². The molecule has 8 heteroatoms. The first kappa shape index (κ1) is 20.6. The normalized spacial score (nSPS) is 14.5. The molecular formula is C21H26N4O4. The number of aromatic amines is 1. The van der Waals surface area contributed by atoms with Crippen LogP contribution >= 0.6 is 0 Å². The lowest BCUT2D eigenvalue weighted by Crippen LogP contribution is -2.47. The average Bonchev–Trinajstić information content (AvgIpc) is 2.71. The predicted molar refractivity (Wildman–Crippen MR) is 108 cm³/mol. The van der Waals surface area contributed by atoms with E-state index in [1.54, 1.807) is 4.90 Å². The molecule has 3 rings (SSSR count). The number of H-pyrrole nitrogens is 1. The monoisotopic (exact) mass is 398 g/mol. The first-order chi connectivity index (χ1) is 13.8. The summed E-state index contributed by atoms with van der Waals surface area (Å²) in [6, 6.07) is 6.72. The molecule has 1 aromatic carbocycles. The molecule has 1 saturated heterocycles. The van der Waals surface area contributed by atoms with Crippen molar-refractivity contribution >= 4 is 11.8 Å². The second-order valence-electron chi connectivity index (χ2n) is 7.38. The molecule has 0 spiro atoms. The highest BCUT2D eigenvalue weighted by molar-refractivity contribution is 5.92. The number of benzene rings is 1.